The van der Waals surface area contributed by atoms with Crippen LogP contribution in [0.5, 0.6) is 11.5 Å². The van der Waals surface area contributed by atoms with E-state index in [2.05, 4.69) is 25.7 Å². The second-order valence-corrected chi connectivity index (χ2v) is 15.4. The second kappa shape index (κ2) is 29.0. The quantitative estimate of drug-likeness (QED) is 0.0307. The minimum absolute atomic E-state index is 0.415. The first kappa shape index (κ1) is 44.0. The van der Waals surface area contributed by atoms with Crippen molar-refractivity contribution in [2.24, 2.45) is 0 Å². The molecule has 0 N–H and O–H groups in total. The summed E-state index contributed by atoms with van der Waals surface area (Å²) in [4.78, 5) is 13.4. The van der Waals surface area contributed by atoms with Crippen LogP contribution in [0.3, 0.4) is 0 Å². The predicted octanol–water partition coefficient (Wildman–Crippen LogP) is 13.3. The van der Waals surface area contributed by atoms with E-state index >= 15 is 0 Å². The zero-order chi connectivity index (χ0) is 37.6. The Morgan fingerprint density at radius 1 is 0.491 bits per heavy atom. The summed E-state index contributed by atoms with van der Waals surface area (Å²) in [5.74, 6) is 7.08. The van der Waals surface area contributed by atoms with Crippen molar-refractivity contribution in [1.29, 1.82) is 0 Å². The molecule has 0 aliphatic heterocycles. The van der Waals surface area contributed by atoms with Crippen molar-refractivity contribution in [3.8, 4) is 23.3 Å². The lowest BCUT2D eigenvalue weighted by atomic mass is 10.0. The van der Waals surface area contributed by atoms with Crippen molar-refractivity contribution in [3.05, 3.63) is 89.5 Å². The molecular weight excluding hydrogens is 677 g/mol. The molecule has 1 unspecified atom stereocenters. The van der Waals surface area contributed by atoms with Crippen molar-refractivity contribution in [2.45, 2.75) is 160 Å². The van der Waals surface area contributed by atoms with Crippen LogP contribution < -0.4 is 9.47 Å². The monoisotopic (exact) mass is 742 g/mol. The Morgan fingerprint density at radius 2 is 0.887 bits per heavy atom. The van der Waals surface area contributed by atoms with Gasteiger partial charge in [0.2, 0.25) is 0 Å². The Bertz CT molecular complexity index is 1450. The summed E-state index contributed by atoms with van der Waals surface area (Å²) in [5.41, 5.74) is 2.09. The van der Waals surface area contributed by atoms with Gasteiger partial charge in [0.15, 0.2) is 11.1 Å². The lowest BCUT2D eigenvalue weighted by Crippen LogP contribution is -2.08. The maximum atomic E-state index is 12.7. The summed E-state index contributed by atoms with van der Waals surface area (Å²) < 4.78 is 29.5. The van der Waals surface area contributed by atoms with Crippen LogP contribution in [0.4, 0.5) is 0 Å². The molecule has 290 valence electrons. The van der Waals surface area contributed by atoms with Crippen LogP contribution in [-0.4, -0.2) is 23.4 Å². The van der Waals surface area contributed by atoms with Gasteiger partial charge in [0, 0.05) is 11.1 Å². The highest BCUT2D eigenvalue weighted by molar-refractivity contribution is 7.80. The Hall–Kier alpha value is -3.40. The molecule has 6 heteroatoms. The van der Waals surface area contributed by atoms with E-state index in [1.807, 2.05) is 36.4 Å². The van der Waals surface area contributed by atoms with Crippen LogP contribution in [0, 0.1) is 11.8 Å². The van der Waals surface area contributed by atoms with E-state index < -0.39 is 17.0 Å². The van der Waals surface area contributed by atoms with Gasteiger partial charge < -0.3 is 9.47 Å². The van der Waals surface area contributed by atoms with E-state index in [0.29, 0.717) is 29.4 Å². The maximum Gasteiger partial charge on any atom is 0.343 e. The first-order valence-electron chi connectivity index (χ1n) is 20.8. The molecule has 3 rings (SSSR count). The first-order chi connectivity index (χ1) is 26.1. The third-order valence-corrected chi connectivity index (χ3v) is 10.5. The van der Waals surface area contributed by atoms with Crippen molar-refractivity contribution < 1.29 is 22.7 Å². The van der Waals surface area contributed by atoms with Crippen molar-refractivity contribution in [1.82, 2.24) is 0 Å². The third kappa shape index (κ3) is 20.6. The van der Waals surface area contributed by atoms with Crippen molar-refractivity contribution in [3.63, 3.8) is 0 Å². The number of esters is 1. The number of carbonyl (C=O) groups excluding carboxylic acids is 1. The lowest BCUT2D eigenvalue weighted by Gasteiger charge is -2.08. The average molecular weight is 743 g/mol. The molecule has 53 heavy (non-hydrogen) atoms. The summed E-state index contributed by atoms with van der Waals surface area (Å²) in [6.45, 7) is 5.71. The van der Waals surface area contributed by atoms with Crippen LogP contribution in [-0.2, 0) is 15.3 Å². The molecule has 0 saturated heterocycles. The van der Waals surface area contributed by atoms with Gasteiger partial charge in [-0.05, 0) is 85.6 Å². The number of benzene rings is 3. The molecule has 0 spiro atoms. The minimum atomic E-state index is -1.47. The molecule has 3 aromatic rings. The number of unbranched alkanes of at least 4 members (excludes halogenated alkanes) is 20. The van der Waals surface area contributed by atoms with Gasteiger partial charge in [0.25, 0.3) is 0 Å². The average Bonchev–Trinajstić information content (AvgIpc) is 3.18. The fourth-order valence-electron chi connectivity index (χ4n) is 6.18. The predicted molar refractivity (Wildman–Crippen MR) is 221 cm³/mol. The van der Waals surface area contributed by atoms with Gasteiger partial charge in [-0.3, -0.25) is 4.18 Å². The van der Waals surface area contributed by atoms with Crippen LogP contribution in [0.15, 0.2) is 77.7 Å². The largest absolute Gasteiger partial charge is 0.494 e. The van der Waals surface area contributed by atoms with Crippen LogP contribution >= 0.6 is 0 Å². The SMILES string of the molecule is CCCCCCCCCCCCCCCCOc1ccc(C(=O)Oc2ccc(C#Cc3ccc(S(=O)OCCCCCCCCCC)cc3)cc2)cc1. The molecule has 5 nitrogen and oxygen atoms in total. The van der Waals surface area contributed by atoms with E-state index in [1.54, 1.807) is 36.4 Å². The normalized spacial score (nSPS) is 11.5. The molecule has 0 bridgehead atoms. The van der Waals surface area contributed by atoms with E-state index in [1.165, 1.54) is 122 Å². The van der Waals surface area contributed by atoms with Gasteiger partial charge in [-0.25, -0.2) is 9.00 Å². The van der Waals surface area contributed by atoms with E-state index in [9.17, 15) is 9.00 Å². The molecule has 3 aromatic carbocycles. The zero-order valence-electron chi connectivity index (χ0n) is 32.8. The Kier molecular flexibility index (Phi) is 24.1. The molecule has 0 saturated carbocycles. The fourth-order valence-corrected chi connectivity index (χ4v) is 6.94. The Labute approximate surface area is 324 Å². The number of rotatable bonds is 29. The molecule has 1 atom stereocenters. The Balaban J connectivity index is 1.26. The van der Waals surface area contributed by atoms with Gasteiger partial charge in [-0.2, -0.15) is 0 Å². The van der Waals surface area contributed by atoms with Gasteiger partial charge in [-0.15, -0.1) is 0 Å². The van der Waals surface area contributed by atoms with Crippen LogP contribution in [0.25, 0.3) is 0 Å². The minimum Gasteiger partial charge on any atom is -0.494 e. The molecule has 0 fully saturated rings. The molecule has 0 radical (unpaired) electrons. The molecular formula is C47H66O5S. The molecule has 0 heterocycles. The Morgan fingerprint density at radius 3 is 1.36 bits per heavy atom. The number of ether oxygens (including phenoxy) is 2. The van der Waals surface area contributed by atoms with Crippen LogP contribution in [0.2, 0.25) is 0 Å². The fraction of sp³-hybridized carbons (Fsp3) is 0.553. The summed E-state index contributed by atoms with van der Waals surface area (Å²) in [6.07, 6.45) is 28.5. The molecule has 0 aromatic heterocycles. The molecule has 0 aliphatic carbocycles. The third-order valence-electron chi connectivity index (χ3n) is 9.51. The van der Waals surface area contributed by atoms with Crippen LogP contribution in [0.1, 0.15) is 177 Å². The molecule has 0 aliphatic rings. The standard InChI is InChI=1S/C47H66O5S/c1-3-5-7-9-11-13-14-15-16-17-18-19-21-23-39-50-44-35-31-43(32-36-44)47(48)52-45-33-27-41(28-34-45)25-26-42-29-37-46(38-30-42)53(49)51-40-24-22-20-12-10-8-6-4-2/h27-38H,3-24,39-40H2,1-2H3. The summed E-state index contributed by atoms with van der Waals surface area (Å²) in [5, 5.41) is 0. The second-order valence-electron chi connectivity index (χ2n) is 14.2. The summed E-state index contributed by atoms with van der Waals surface area (Å²) in [7, 11) is 0. The van der Waals surface area contributed by atoms with E-state index in [0.717, 1.165) is 36.1 Å². The van der Waals surface area contributed by atoms with Gasteiger partial charge in [0.05, 0.1) is 23.7 Å². The van der Waals surface area contributed by atoms with E-state index in [-0.39, 0.29) is 0 Å². The molecule has 0 amide bonds. The number of hydrogen-bond acceptors (Lipinski definition) is 5. The summed E-state index contributed by atoms with van der Waals surface area (Å²) in [6, 6.07) is 21.6. The smallest absolute Gasteiger partial charge is 0.343 e. The maximum absolute atomic E-state index is 12.7. The highest BCUT2D eigenvalue weighted by atomic mass is 32.2. The first-order valence-corrected chi connectivity index (χ1v) is 21.9. The van der Waals surface area contributed by atoms with Gasteiger partial charge in [-0.1, -0.05) is 154 Å². The lowest BCUT2D eigenvalue weighted by molar-refractivity contribution is 0.0734. The number of carbonyl (C=O) groups is 1. The van der Waals surface area contributed by atoms with Crippen molar-refractivity contribution in [2.75, 3.05) is 13.2 Å². The zero-order valence-corrected chi connectivity index (χ0v) is 33.7. The number of hydrogen-bond donors (Lipinski definition) is 0. The van der Waals surface area contributed by atoms with Gasteiger partial charge in [0.1, 0.15) is 11.5 Å². The van der Waals surface area contributed by atoms with Crippen molar-refractivity contribution >= 4 is 17.0 Å². The van der Waals surface area contributed by atoms with Gasteiger partial charge >= 0.3 is 5.97 Å². The topological polar surface area (TPSA) is 61.8 Å². The summed E-state index contributed by atoms with van der Waals surface area (Å²) >= 11 is -1.47. The van der Waals surface area contributed by atoms with E-state index in [4.69, 9.17) is 13.7 Å². The highest BCUT2D eigenvalue weighted by Gasteiger charge is 2.09. The highest BCUT2D eigenvalue weighted by Crippen LogP contribution is 2.19.